The molecule has 1 atom stereocenters. The maximum Gasteiger partial charge on any atom is 0.300 e. The van der Waals surface area contributed by atoms with E-state index in [4.69, 9.17) is 0 Å². The molecule has 1 aliphatic rings. The fraction of sp³-hybridized carbons (Fsp3) is 0.308. The normalized spacial score (nSPS) is 15.2. The van der Waals surface area contributed by atoms with Crippen molar-refractivity contribution in [1.29, 1.82) is 0 Å². The summed E-state index contributed by atoms with van der Waals surface area (Å²) in [5.74, 6) is -1.83. The van der Waals surface area contributed by atoms with E-state index in [0.29, 0.717) is 0 Å². The van der Waals surface area contributed by atoms with Gasteiger partial charge in [0, 0.05) is 18.6 Å². The number of nitro groups is 1. The summed E-state index contributed by atoms with van der Waals surface area (Å²) in [6, 6.07) is 2.84. The minimum atomic E-state index is -0.824. The van der Waals surface area contributed by atoms with E-state index in [1.165, 1.54) is 19.1 Å². The lowest BCUT2D eigenvalue weighted by atomic mass is 10.1. The summed E-state index contributed by atoms with van der Waals surface area (Å²) in [7, 11) is 0. The van der Waals surface area contributed by atoms with Crippen molar-refractivity contribution >= 4 is 28.8 Å². The van der Waals surface area contributed by atoms with Crippen molar-refractivity contribution in [3.63, 3.8) is 0 Å². The predicted octanol–water partition coefficient (Wildman–Crippen LogP) is 1.49. The number of nitro benzene ring substituents is 1. The molecule has 7 nitrogen and oxygen atoms in total. The number of ketones is 2. The Hall–Kier alpha value is -2.57. The monoisotopic (exact) mass is 276 g/mol. The van der Waals surface area contributed by atoms with Gasteiger partial charge in [-0.25, -0.2) is 0 Å². The van der Waals surface area contributed by atoms with E-state index in [2.05, 4.69) is 0 Å². The second kappa shape index (κ2) is 4.84. The molecule has 0 saturated carbocycles. The zero-order valence-corrected chi connectivity index (χ0v) is 11.0. The second-order valence-electron chi connectivity index (χ2n) is 4.46. The molecule has 0 bridgehead atoms. The van der Waals surface area contributed by atoms with Crippen molar-refractivity contribution in [2.24, 2.45) is 0 Å². The zero-order valence-electron chi connectivity index (χ0n) is 11.0. The van der Waals surface area contributed by atoms with Gasteiger partial charge in [-0.1, -0.05) is 6.92 Å². The van der Waals surface area contributed by atoms with Crippen LogP contribution in [0.25, 0.3) is 0 Å². The minimum absolute atomic E-state index is 0.0278. The highest BCUT2D eigenvalue weighted by molar-refractivity contribution is 6.53. The molecule has 0 N–H and O–H groups in total. The quantitative estimate of drug-likeness (QED) is 0.471. The molecule has 1 aromatic carbocycles. The van der Waals surface area contributed by atoms with Crippen molar-refractivity contribution in [2.75, 3.05) is 4.90 Å². The fourth-order valence-corrected chi connectivity index (χ4v) is 2.19. The Morgan fingerprint density at radius 1 is 1.40 bits per heavy atom. The van der Waals surface area contributed by atoms with Crippen molar-refractivity contribution in [1.82, 2.24) is 0 Å². The molecule has 0 fully saturated rings. The Bertz CT molecular complexity index is 638. The Labute approximate surface area is 114 Å². The average Bonchev–Trinajstić information content (AvgIpc) is 2.69. The van der Waals surface area contributed by atoms with E-state index >= 15 is 0 Å². The van der Waals surface area contributed by atoms with E-state index in [9.17, 15) is 24.5 Å². The van der Waals surface area contributed by atoms with Crippen molar-refractivity contribution in [3.05, 3.63) is 33.9 Å². The van der Waals surface area contributed by atoms with Gasteiger partial charge in [0.2, 0.25) is 0 Å². The van der Waals surface area contributed by atoms with Gasteiger partial charge in [-0.15, -0.1) is 0 Å². The highest BCUT2D eigenvalue weighted by Gasteiger charge is 2.40. The summed E-state index contributed by atoms with van der Waals surface area (Å²) in [5.41, 5.74) is -0.0407. The number of fused-ring (bicyclic) bond motifs is 1. The maximum absolute atomic E-state index is 12.0. The third-order valence-corrected chi connectivity index (χ3v) is 3.31. The van der Waals surface area contributed by atoms with E-state index in [0.717, 1.165) is 11.0 Å². The average molecular weight is 276 g/mol. The third-order valence-electron chi connectivity index (χ3n) is 3.31. The molecule has 1 unspecified atom stereocenters. The number of benzene rings is 1. The molecule has 1 aliphatic heterocycles. The molecule has 0 spiro atoms. The van der Waals surface area contributed by atoms with Gasteiger partial charge in [-0.05, 0) is 13.0 Å². The van der Waals surface area contributed by atoms with E-state index in [1.54, 1.807) is 6.92 Å². The van der Waals surface area contributed by atoms with Gasteiger partial charge in [-0.3, -0.25) is 29.4 Å². The molecule has 0 aliphatic carbocycles. The number of hydrogen-bond donors (Lipinski definition) is 0. The van der Waals surface area contributed by atoms with Crippen LogP contribution in [0.4, 0.5) is 11.4 Å². The van der Waals surface area contributed by atoms with Crippen LogP contribution in [-0.2, 0) is 9.59 Å². The first kappa shape index (κ1) is 13.9. The van der Waals surface area contributed by atoms with Crippen molar-refractivity contribution < 1.29 is 19.3 Å². The fourth-order valence-electron chi connectivity index (χ4n) is 2.19. The number of carbonyl (C=O) groups excluding carboxylic acids is 3. The number of Topliss-reactive ketones (excluding diaryl/α,β-unsaturated/α-hetero) is 2. The number of non-ortho nitro benzene ring substituents is 1. The molecule has 20 heavy (non-hydrogen) atoms. The summed E-state index contributed by atoms with van der Waals surface area (Å²) >= 11 is 0. The minimum Gasteiger partial charge on any atom is -0.297 e. The molecular formula is C13H12N2O5. The lowest BCUT2D eigenvalue weighted by molar-refractivity contribution is -0.384. The number of amides is 1. The van der Waals surface area contributed by atoms with Crippen LogP contribution in [0.5, 0.6) is 0 Å². The van der Waals surface area contributed by atoms with Gasteiger partial charge in [-0.2, -0.15) is 0 Å². The molecular weight excluding hydrogens is 264 g/mol. The van der Waals surface area contributed by atoms with E-state index < -0.39 is 22.7 Å². The van der Waals surface area contributed by atoms with Gasteiger partial charge in [0.1, 0.15) is 0 Å². The molecule has 104 valence electrons. The van der Waals surface area contributed by atoms with Gasteiger partial charge < -0.3 is 0 Å². The van der Waals surface area contributed by atoms with Gasteiger partial charge in [0.05, 0.1) is 22.2 Å². The van der Waals surface area contributed by atoms with Gasteiger partial charge >= 0.3 is 0 Å². The van der Waals surface area contributed by atoms with Crippen LogP contribution >= 0.6 is 0 Å². The zero-order chi connectivity index (χ0) is 15.0. The molecule has 0 aromatic heterocycles. The van der Waals surface area contributed by atoms with Crippen LogP contribution in [0, 0.1) is 10.1 Å². The van der Waals surface area contributed by atoms with Crippen molar-refractivity contribution in [3.8, 4) is 0 Å². The van der Waals surface area contributed by atoms with E-state index in [-0.39, 0.29) is 29.1 Å². The smallest absolute Gasteiger partial charge is 0.297 e. The lowest BCUT2D eigenvalue weighted by Crippen LogP contribution is -2.42. The Morgan fingerprint density at radius 2 is 2.05 bits per heavy atom. The van der Waals surface area contributed by atoms with Crippen LogP contribution in [0.3, 0.4) is 0 Å². The SMILES string of the molecule is CCC(=O)C(C)N1C(=O)C(=O)c2cc([N+](=O)[O-])ccc21. The van der Waals surface area contributed by atoms with Gasteiger partial charge in [0.25, 0.3) is 17.4 Å². The predicted molar refractivity (Wildman–Crippen MR) is 69.7 cm³/mol. The Kier molecular flexibility index (Phi) is 3.35. The van der Waals surface area contributed by atoms with Gasteiger partial charge in [0.15, 0.2) is 5.78 Å². The highest BCUT2D eigenvalue weighted by Crippen LogP contribution is 2.33. The molecule has 7 heteroatoms. The van der Waals surface area contributed by atoms with Crippen LogP contribution in [-0.4, -0.2) is 28.4 Å². The summed E-state index contributed by atoms with van der Waals surface area (Å²) in [4.78, 5) is 46.7. The number of carbonyl (C=O) groups is 3. The van der Waals surface area contributed by atoms with Crippen LogP contribution in [0.2, 0.25) is 0 Å². The summed E-state index contributed by atoms with van der Waals surface area (Å²) < 4.78 is 0. The summed E-state index contributed by atoms with van der Waals surface area (Å²) in [6.07, 6.45) is 0.238. The first-order valence-electron chi connectivity index (χ1n) is 6.07. The maximum atomic E-state index is 12.0. The molecule has 1 aromatic rings. The van der Waals surface area contributed by atoms with E-state index in [1.807, 2.05) is 0 Å². The molecule has 1 heterocycles. The second-order valence-corrected chi connectivity index (χ2v) is 4.46. The third kappa shape index (κ3) is 1.97. The highest BCUT2D eigenvalue weighted by atomic mass is 16.6. The van der Waals surface area contributed by atoms with Crippen molar-refractivity contribution in [2.45, 2.75) is 26.3 Å². The molecule has 0 radical (unpaired) electrons. The molecule has 2 rings (SSSR count). The van der Waals surface area contributed by atoms with Crippen LogP contribution in [0.1, 0.15) is 30.6 Å². The lowest BCUT2D eigenvalue weighted by Gasteiger charge is -2.22. The number of rotatable bonds is 4. The first-order valence-corrected chi connectivity index (χ1v) is 6.07. The van der Waals surface area contributed by atoms with Crippen LogP contribution in [0.15, 0.2) is 18.2 Å². The Morgan fingerprint density at radius 3 is 2.60 bits per heavy atom. The number of hydrogen-bond acceptors (Lipinski definition) is 5. The van der Waals surface area contributed by atoms with Crippen LogP contribution < -0.4 is 4.90 Å². The number of nitrogens with zero attached hydrogens (tertiary/aromatic N) is 2. The molecule has 1 amide bonds. The standard InChI is InChI=1S/C13H12N2O5/c1-3-11(16)7(2)14-10-5-4-8(15(19)20)6-9(10)12(17)13(14)18/h4-7H,3H2,1-2H3. The Balaban J connectivity index is 2.51. The largest absolute Gasteiger partial charge is 0.300 e. The summed E-state index contributed by atoms with van der Waals surface area (Å²) in [5, 5.41) is 10.7. The molecule has 0 saturated heterocycles. The summed E-state index contributed by atoms with van der Waals surface area (Å²) in [6.45, 7) is 3.20. The number of anilines is 1. The first-order chi connectivity index (χ1) is 9.38. The topological polar surface area (TPSA) is 97.6 Å².